The Hall–Kier alpha value is -2.36. The number of aliphatic imine (C=N–C) groups is 1. The number of benzene rings is 1. The number of nitrogens with one attached hydrogen (secondary N) is 2. The molecular weight excluding hydrogens is 296 g/mol. The van der Waals surface area contributed by atoms with Crippen LogP contribution >= 0.6 is 0 Å². The van der Waals surface area contributed by atoms with Crippen LogP contribution in [0.15, 0.2) is 53.5 Å². The van der Waals surface area contributed by atoms with E-state index in [1.807, 2.05) is 32.2 Å². The van der Waals surface area contributed by atoms with Crippen molar-refractivity contribution < 1.29 is 0 Å². The molecule has 0 radical (unpaired) electrons. The van der Waals surface area contributed by atoms with E-state index in [-0.39, 0.29) is 5.41 Å². The van der Waals surface area contributed by atoms with Crippen LogP contribution in [0.2, 0.25) is 0 Å². The van der Waals surface area contributed by atoms with Crippen LogP contribution in [0.3, 0.4) is 0 Å². The third kappa shape index (κ3) is 3.75. The van der Waals surface area contributed by atoms with E-state index in [4.69, 9.17) is 0 Å². The maximum Gasteiger partial charge on any atom is 0.191 e. The zero-order valence-electron chi connectivity index (χ0n) is 14.5. The van der Waals surface area contributed by atoms with Crippen molar-refractivity contribution in [1.82, 2.24) is 15.6 Å². The summed E-state index contributed by atoms with van der Waals surface area (Å²) in [5.41, 5.74) is 3.74. The van der Waals surface area contributed by atoms with Gasteiger partial charge in [0.2, 0.25) is 0 Å². The molecule has 24 heavy (non-hydrogen) atoms. The van der Waals surface area contributed by atoms with Crippen molar-refractivity contribution in [2.75, 3.05) is 13.6 Å². The van der Waals surface area contributed by atoms with E-state index < -0.39 is 0 Å². The summed E-state index contributed by atoms with van der Waals surface area (Å²) in [7, 11) is 1.81. The van der Waals surface area contributed by atoms with Gasteiger partial charge >= 0.3 is 0 Å². The number of guanidine groups is 1. The lowest BCUT2D eigenvalue weighted by Crippen LogP contribution is -2.48. The van der Waals surface area contributed by atoms with Crippen molar-refractivity contribution in [2.24, 2.45) is 4.99 Å². The van der Waals surface area contributed by atoms with Gasteiger partial charge in [-0.05, 0) is 37.5 Å². The van der Waals surface area contributed by atoms with Crippen LogP contribution in [0.1, 0.15) is 36.2 Å². The van der Waals surface area contributed by atoms with Gasteiger partial charge in [-0.3, -0.25) is 9.98 Å². The lowest BCUT2D eigenvalue weighted by Gasteiger charge is -2.43. The van der Waals surface area contributed by atoms with E-state index >= 15 is 0 Å². The average molecular weight is 322 g/mol. The first-order valence-electron chi connectivity index (χ1n) is 8.64. The van der Waals surface area contributed by atoms with Crippen molar-refractivity contribution in [2.45, 2.75) is 38.1 Å². The van der Waals surface area contributed by atoms with Crippen molar-refractivity contribution in [3.05, 3.63) is 65.5 Å². The molecule has 1 saturated carbocycles. The van der Waals surface area contributed by atoms with Crippen LogP contribution in [0.4, 0.5) is 0 Å². The first-order chi connectivity index (χ1) is 11.7. The summed E-state index contributed by atoms with van der Waals surface area (Å²) in [6, 6.07) is 16.9. The van der Waals surface area contributed by atoms with Crippen molar-refractivity contribution in [3.8, 4) is 0 Å². The maximum atomic E-state index is 4.52. The topological polar surface area (TPSA) is 49.3 Å². The summed E-state index contributed by atoms with van der Waals surface area (Å²) >= 11 is 0. The standard InChI is InChI=1S/C20H26N4/c1-16-8-6-11-18(24-16)14-22-19(21-2)23-15-20(12-7-13-20)17-9-4-3-5-10-17/h3-6,8-11H,7,12-15H2,1-2H3,(H2,21,22,23). The van der Waals surface area contributed by atoms with Gasteiger partial charge in [-0.1, -0.05) is 42.8 Å². The van der Waals surface area contributed by atoms with E-state index in [0.717, 1.165) is 23.9 Å². The number of pyridine rings is 1. The Morgan fingerprint density at radius 1 is 1.08 bits per heavy atom. The van der Waals surface area contributed by atoms with Crippen molar-refractivity contribution >= 4 is 5.96 Å². The summed E-state index contributed by atoms with van der Waals surface area (Å²) in [5, 5.41) is 6.87. The van der Waals surface area contributed by atoms with Crippen LogP contribution in [0.5, 0.6) is 0 Å². The first kappa shape index (κ1) is 16.5. The van der Waals surface area contributed by atoms with Gasteiger partial charge in [-0.2, -0.15) is 0 Å². The summed E-state index contributed by atoms with van der Waals surface area (Å²) in [6.45, 7) is 3.61. The molecule has 1 aliphatic rings. The third-order valence-electron chi connectivity index (χ3n) is 4.90. The highest BCUT2D eigenvalue weighted by atomic mass is 15.2. The summed E-state index contributed by atoms with van der Waals surface area (Å²) in [6.07, 6.45) is 3.77. The molecule has 1 aliphatic carbocycles. The molecule has 0 spiro atoms. The molecule has 0 aliphatic heterocycles. The Morgan fingerprint density at radius 3 is 2.50 bits per heavy atom. The predicted molar refractivity (Wildman–Crippen MR) is 99.1 cm³/mol. The number of rotatable bonds is 5. The second kappa shape index (κ2) is 7.47. The molecule has 0 amide bonds. The second-order valence-electron chi connectivity index (χ2n) is 6.55. The highest BCUT2D eigenvalue weighted by molar-refractivity contribution is 5.79. The van der Waals surface area contributed by atoms with E-state index in [1.165, 1.54) is 24.8 Å². The number of hydrogen-bond donors (Lipinski definition) is 2. The minimum Gasteiger partial charge on any atom is -0.356 e. The highest BCUT2D eigenvalue weighted by Crippen LogP contribution is 2.43. The molecule has 4 heteroatoms. The Kier molecular flexibility index (Phi) is 5.14. The molecule has 2 N–H and O–H groups in total. The van der Waals surface area contributed by atoms with E-state index in [1.54, 1.807) is 0 Å². The Morgan fingerprint density at radius 2 is 1.88 bits per heavy atom. The molecule has 0 unspecified atom stereocenters. The van der Waals surface area contributed by atoms with E-state index in [2.05, 4.69) is 50.9 Å². The van der Waals surface area contributed by atoms with Gasteiger partial charge in [0.1, 0.15) is 0 Å². The quantitative estimate of drug-likeness (QED) is 0.656. The predicted octanol–water partition coefficient (Wildman–Crippen LogP) is 3.18. The van der Waals surface area contributed by atoms with Gasteiger partial charge in [-0.25, -0.2) is 0 Å². The fraction of sp³-hybridized carbons (Fsp3) is 0.400. The van der Waals surface area contributed by atoms with Crippen LogP contribution in [0.25, 0.3) is 0 Å². The lowest BCUT2D eigenvalue weighted by atomic mass is 9.64. The number of aromatic nitrogens is 1. The molecule has 3 rings (SSSR count). The van der Waals surface area contributed by atoms with Gasteiger partial charge < -0.3 is 10.6 Å². The normalized spacial score (nSPS) is 16.3. The smallest absolute Gasteiger partial charge is 0.191 e. The van der Waals surface area contributed by atoms with E-state index in [9.17, 15) is 0 Å². The monoisotopic (exact) mass is 322 g/mol. The van der Waals surface area contributed by atoms with Gasteiger partial charge in [0.15, 0.2) is 5.96 Å². The molecule has 0 atom stereocenters. The number of hydrogen-bond acceptors (Lipinski definition) is 2. The van der Waals surface area contributed by atoms with Crippen LogP contribution in [0, 0.1) is 6.92 Å². The van der Waals surface area contributed by atoms with Gasteiger partial charge in [0.25, 0.3) is 0 Å². The molecule has 0 bridgehead atoms. The Bertz CT molecular complexity index is 690. The molecule has 1 heterocycles. The summed E-state index contributed by atoms with van der Waals surface area (Å²) in [5.74, 6) is 0.834. The maximum absolute atomic E-state index is 4.52. The first-order valence-corrected chi connectivity index (χ1v) is 8.64. The Labute approximate surface area is 144 Å². The molecule has 126 valence electrons. The number of nitrogens with zero attached hydrogens (tertiary/aromatic N) is 2. The minimum atomic E-state index is 0.250. The SMILES string of the molecule is CN=C(NCc1cccc(C)n1)NCC1(c2ccccc2)CCC1. The molecular formula is C20H26N4. The lowest BCUT2D eigenvalue weighted by molar-refractivity contribution is 0.244. The fourth-order valence-corrected chi connectivity index (χ4v) is 3.31. The summed E-state index contributed by atoms with van der Waals surface area (Å²) in [4.78, 5) is 8.87. The largest absolute Gasteiger partial charge is 0.356 e. The fourth-order valence-electron chi connectivity index (χ4n) is 3.31. The van der Waals surface area contributed by atoms with Crippen molar-refractivity contribution in [1.29, 1.82) is 0 Å². The van der Waals surface area contributed by atoms with Gasteiger partial charge in [0.05, 0.1) is 12.2 Å². The van der Waals surface area contributed by atoms with Crippen LogP contribution in [-0.2, 0) is 12.0 Å². The molecule has 1 aromatic carbocycles. The van der Waals surface area contributed by atoms with E-state index in [0.29, 0.717) is 6.54 Å². The molecule has 1 fully saturated rings. The van der Waals surface area contributed by atoms with Gasteiger partial charge in [0, 0.05) is 24.7 Å². The molecule has 4 nitrogen and oxygen atoms in total. The highest BCUT2D eigenvalue weighted by Gasteiger charge is 2.38. The average Bonchev–Trinajstić information content (AvgIpc) is 2.57. The zero-order valence-corrected chi connectivity index (χ0v) is 14.5. The second-order valence-corrected chi connectivity index (χ2v) is 6.55. The van der Waals surface area contributed by atoms with Crippen molar-refractivity contribution in [3.63, 3.8) is 0 Å². The summed E-state index contributed by atoms with van der Waals surface area (Å²) < 4.78 is 0. The number of aryl methyl sites for hydroxylation is 1. The van der Waals surface area contributed by atoms with Crippen LogP contribution in [-0.4, -0.2) is 24.5 Å². The van der Waals surface area contributed by atoms with Crippen LogP contribution < -0.4 is 10.6 Å². The van der Waals surface area contributed by atoms with Gasteiger partial charge in [-0.15, -0.1) is 0 Å². The molecule has 1 aromatic heterocycles. The third-order valence-corrected chi connectivity index (χ3v) is 4.90. The Balaban J connectivity index is 1.58. The molecule has 0 saturated heterocycles. The minimum absolute atomic E-state index is 0.250. The zero-order chi connectivity index (χ0) is 16.8. The molecule has 2 aromatic rings.